The number of hydrogen-bond acceptors (Lipinski definition) is 1. The van der Waals surface area contributed by atoms with Gasteiger partial charge in [-0.25, -0.2) is 13.2 Å². The summed E-state index contributed by atoms with van der Waals surface area (Å²) in [7, 11) is 0. The molecule has 2 atom stereocenters. The second-order valence-electron chi connectivity index (χ2n) is 6.05. The Hall–Kier alpha value is -1.56. The third kappa shape index (κ3) is 3.97. The second kappa shape index (κ2) is 6.47. The lowest BCUT2D eigenvalue weighted by Gasteiger charge is -2.31. The first kappa shape index (κ1) is 15.8. The first-order valence-corrected chi connectivity index (χ1v) is 7.13. The average Bonchev–Trinajstić information content (AvgIpc) is 2.38. The van der Waals surface area contributed by atoms with E-state index in [0.29, 0.717) is 11.8 Å². The Morgan fingerprint density at radius 2 is 1.81 bits per heavy atom. The summed E-state index contributed by atoms with van der Waals surface area (Å²) in [6, 6.07) is 1.83. The molecule has 0 unspecified atom stereocenters. The number of amides is 1. The predicted octanol–water partition coefficient (Wildman–Crippen LogP) is 1.60. The number of halogens is 3. The van der Waals surface area contributed by atoms with Gasteiger partial charge in [-0.1, -0.05) is 13.8 Å². The van der Waals surface area contributed by atoms with Crippen LogP contribution < -0.4 is 10.2 Å². The zero-order valence-electron chi connectivity index (χ0n) is 12.2. The number of benzene rings is 1. The van der Waals surface area contributed by atoms with E-state index >= 15 is 0 Å². The van der Waals surface area contributed by atoms with Crippen molar-refractivity contribution in [2.24, 2.45) is 11.8 Å². The number of rotatable bonds is 3. The molecule has 0 spiro atoms. The maximum Gasteiger partial charge on any atom is 0.279 e. The Morgan fingerprint density at radius 3 is 2.43 bits per heavy atom. The van der Waals surface area contributed by atoms with Crippen molar-refractivity contribution in [2.45, 2.75) is 20.3 Å². The Kier molecular flexibility index (Phi) is 4.88. The van der Waals surface area contributed by atoms with Crippen molar-refractivity contribution in [1.82, 2.24) is 0 Å². The largest absolute Gasteiger partial charge is 0.327 e. The number of quaternary nitrogens is 1. The van der Waals surface area contributed by atoms with Gasteiger partial charge in [0.25, 0.3) is 5.91 Å². The lowest BCUT2D eigenvalue weighted by molar-refractivity contribution is -0.904. The van der Waals surface area contributed by atoms with Crippen molar-refractivity contribution in [1.29, 1.82) is 0 Å². The number of carbonyl (C=O) groups excluding carboxylic acids is 1. The summed E-state index contributed by atoms with van der Waals surface area (Å²) in [5.74, 6) is -3.52. The summed E-state index contributed by atoms with van der Waals surface area (Å²) in [5.41, 5.74) is -0.323. The van der Waals surface area contributed by atoms with E-state index in [-0.39, 0.29) is 12.2 Å². The van der Waals surface area contributed by atoms with Crippen LogP contribution in [0.3, 0.4) is 0 Å². The van der Waals surface area contributed by atoms with Crippen LogP contribution in [0.1, 0.15) is 20.3 Å². The van der Waals surface area contributed by atoms with Gasteiger partial charge in [-0.2, -0.15) is 0 Å². The van der Waals surface area contributed by atoms with Crippen LogP contribution in [-0.4, -0.2) is 25.5 Å². The fourth-order valence-corrected chi connectivity index (χ4v) is 3.11. The van der Waals surface area contributed by atoms with Crippen molar-refractivity contribution in [2.75, 3.05) is 25.0 Å². The summed E-state index contributed by atoms with van der Waals surface area (Å²) >= 11 is 0. The van der Waals surface area contributed by atoms with Crippen LogP contribution in [0, 0.1) is 29.3 Å². The van der Waals surface area contributed by atoms with E-state index in [4.69, 9.17) is 0 Å². The minimum absolute atomic E-state index is 0.202. The maximum atomic E-state index is 13.5. The summed E-state index contributed by atoms with van der Waals surface area (Å²) < 4.78 is 39.4. The minimum atomic E-state index is -1.57. The molecule has 1 amide bonds. The molecule has 0 saturated carbocycles. The highest BCUT2D eigenvalue weighted by atomic mass is 19.2. The van der Waals surface area contributed by atoms with Gasteiger partial charge < -0.3 is 10.2 Å². The normalized spacial score (nSPS) is 25.7. The van der Waals surface area contributed by atoms with Crippen LogP contribution in [0.15, 0.2) is 12.1 Å². The fourth-order valence-electron chi connectivity index (χ4n) is 3.11. The van der Waals surface area contributed by atoms with Gasteiger partial charge in [0.15, 0.2) is 24.0 Å². The number of piperidine rings is 1. The SMILES string of the molecule is C[C@H]1C[C@H](C)C[NH+](CC(=O)Nc2ccc(F)c(F)c2F)C1. The molecule has 2 N–H and O–H groups in total. The molecule has 116 valence electrons. The highest BCUT2D eigenvalue weighted by Gasteiger charge is 2.27. The fraction of sp³-hybridized carbons (Fsp3) is 0.533. The van der Waals surface area contributed by atoms with Crippen LogP contribution in [-0.2, 0) is 4.79 Å². The lowest BCUT2D eigenvalue weighted by Crippen LogP contribution is -3.15. The first-order chi connectivity index (χ1) is 9.86. The summed E-state index contributed by atoms with van der Waals surface area (Å²) in [5, 5.41) is 2.31. The zero-order chi connectivity index (χ0) is 15.6. The van der Waals surface area contributed by atoms with Gasteiger partial charge in [-0.15, -0.1) is 0 Å². The smallest absolute Gasteiger partial charge is 0.279 e. The molecule has 0 aliphatic carbocycles. The Labute approximate surface area is 122 Å². The first-order valence-electron chi connectivity index (χ1n) is 7.13. The van der Waals surface area contributed by atoms with E-state index in [9.17, 15) is 18.0 Å². The molecular weight excluding hydrogens is 281 g/mol. The van der Waals surface area contributed by atoms with Crippen LogP contribution in [0.2, 0.25) is 0 Å². The number of hydrogen-bond donors (Lipinski definition) is 2. The molecule has 3 nitrogen and oxygen atoms in total. The molecule has 1 fully saturated rings. The minimum Gasteiger partial charge on any atom is -0.327 e. The van der Waals surface area contributed by atoms with Crippen molar-refractivity contribution in [3.8, 4) is 0 Å². The maximum absolute atomic E-state index is 13.5. The van der Waals surface area contributed by atoms with E-state index < -0.39 is 23.4 Å². The van der Waals surface area contributed by atoms with E-state index in [1.54, 1.807) is 0 Å². The number of anilines is 1. The van der Waals surface area contributed by atoms with E-state index in [1.807, 2.05) is 0 Å². The number of nitrogens with one attached hydrogen (secondary N) is 2. The summed E-state index contributed by atoms with van der Waals surface area (Å²) in [6.45, 7) is 6.26. The molecule has 1 aliphatic heterocycles. The molecule has 0 aromatic heterocycles. The van der Waals surface area contributed by atoms with E-state index in [1.165, 1.54) is 0 Å². The monoisotopic (exact) mass is 301 g/mol. The highest BCUT2D eigenvalue weighted by molar-refractivity contribution is 5.91. The third-order valence-corrected chi connectivity index (χ3v) is 3.80. The van der Waals surface area contributed by atoms with Crippen LogP contribution in [0.4, 0.5) is 18.9 Å². The summed E-state index contributed by atoms with van der Waals surface area (Å²) in [6.07, 6.45) is 1.14. The number of carbonyl (C=O) groups is 1. The highest BCUT2D eigenvalue weighted by Crippen LogP contribution is 2.19. The van der Waals surface area contributed by atoms with Crippen molar-refractivity contribution < 1.29 is 22.9 Å². The summed E-state index contributed by atoms with van der Waals surface area (Å²) in [4.78, 5) is 13.1. The van der Waals surface area contributed by atoms with Crippen molar-refractivity contribution >= 4 is 11.6 Å². The molecule has 1 aliphatic rings. The Balaban J connectivity index is 1.97. The molecule has 1 heterocycles. The molecule has 6 heteroatoms. The molecule has 1 aromatic rings. The van der Waals surface area contributed by atoms with Gasteiger partial charge >= 0.3 is 0 Å². The van der Waals surface area contributed by atoms with Crippen molar-refractivity contribution in [3.63, 3.8) is 0 Å². The quantitative estimate of drug-likeness (QED) is 0.817. The van der Waals surface area contributed by atoms with Crippen LogP contribution in [0.25, 0.3) is 0 Å². The van der Waals surface area contributed by atoms with Gasteiger partial charge in [-0.3, -0.25) is 4.79 Å². The predicted molar refractivity (Wildman–Crippen MR) is 73.5 cm³/mol. The Morgan fingerprint density at radius 1 is 1.19 bits per heavy atom. The standard InChI is InChI=1S/C15H19F3N2O/c1-9-5-10(2)7-20(6-9)8-13(21)19-12-4-3-11(16)14(17)15(12)18/h3-4,9-10H,5-8H2,1-2H3,(H,19,21)/p+1/t9-,10-/m0/s1. The average molecular weight is 301 g/mol. The van der Waals surface area contributed by atoms with E-state index in [2.05, 4.69) is 19.2 Å². The molecule has 1 saturated heterocycles. The van der Waals surface area contributed by atoms with Crippen LogP contribution in [0.5, 0.6) is 0 Å². The molecule has 0 bridgehead atoms. The van der Waals surface area contributed by atoms with Gasteiger partial charge in [-0.05, 0) is 18.6 Å². The van der Waals surface area contributed by atoms with Crippen molar-refractivity contribution in [3.05, 3.63) is 29.6 Å². The van der Waals surface area contributed by atoms with E-state index in [0.717, 1.165) is 36.5 Å². The molecule has 0 radical (unpaired) electrons. The molecule has 1 aromatic carbocycles. The van der Waals surface area contributed by atoms with Gasteiger partial charge in [0, 0.05) is 11.8 Å². The molecular formula is C15H20F3N2O+. The molecule has 21 heavy (non-hydrogen) atoms. The second-order valence-corrected chi connectivity index (χ2v) is 6.05. The number of likely N-dealkylation sites (tertiary alicyclic amines) is 1. The lowest BCUT2D eigenvalue weighted by atomic mass is 9.92. The molecule has 2 rings (SSSR count). The van der Waals surface area contributed by atoms with Gasteiger partial charge in [0.05, 0.1) is 18.8 Å². The topological polar surface area (TPSA) is 33.5 Å². The van der Waals surface area contributed by atoms with Gasteiger partial charge in [0.1, 0.15) is 0 Å². The van der Waals surface area contributed by atoms with Crippen LogP contribution >= 0.6 is 0 Å². The Bertz CT molecular complexity index is 526. The zero-order valence-corrected chi connectivity index (χ0v) is 12.2. The van der Waals surface area contributed by atoms with Gasteiger partial charge in [0.2, 0.25) is 0 Å². The third-order valence-electron chi connectivity index (χ3n) is 3.80.